The lowest BCUT2D eigenvalue weighted by Gasteiger charge is -2.22. The number of nitrogens with zero attached hydrogens (tertiary/aromatic N) is 1. The minimum atomic E-state index is 0.882. The van der Waals surface area contributed by atoms with E-state index in [1.807, 2.05) is 0 Å². The van der Waals surface area contributed by atoms with Crippen LogP contribution in [0.25, 0.3) is 0 Å². The third kappa shape index (κ3) is 7.81. The van der Waals surface area contributed by atoms with Gasteiger partial charge in [0.25, 0.3) is 0 Å². The average Bonchev–Trinajstić information content (AvgIpc) is 2.54. The standard InChI is InChI=1S/C16H33N/c1-15(2)9-8-10-16(3)11-14-17-12-6-4-5-7-13-17/h15-16H,4-14H2,1-3H3. The van der Waals surface area contributed by atoms with E-state index < -0.39 is 0 Å². The Morgan fingerprint density at radius 1 is 0.824 bits per heavy atom. The summed E-state index contributed by atoms with van der Waals surface area (Å²) in [7, 11) is 0. The number of hydrogen-bond acceptors (Lipinski definition) is 1. The molecule has 1 saturated heterocycles. The van der Waals surface area contributed by atoms with Crippen molar-refractivity contribution in [2.75, 3.05) is 19.6 Å². The molecule has 0 spiro atoms. The molecule has 1 nitrogen and oxygen atoms in total. The van der Waals surface area contributed by atoms with Crippen molar-refractivity contribution in [3.63, 3.8) is 0 Å². The van der Waals surface area contributed by atoms with Crippen LogP contribution in [0.1, 0.15) is 72.1 Å². The third-order valence-electron chi connectivity index (χ3n) is 4.12. The van der Waals surface area contributed by atoms with Crippen molar-refractivity contribution in [3.05, 3.63) is 0 Å². The summed E-state index contributed by atoms with van der Waals surface area (Å²) in [6, 6.07) is 0. The van der Waals surface area contributed by atoms with E-state index in [1.54, 1.807) is 0 Å². The van der Waals surface area contributed by atoms with Gasteiger partial charge in [0.2, 0.25) is 0 Å². The molecule has 0 aromatic carbocycles. The van der Waals surface area contributed by atoms with Crippen molar-refractivity contribution < 1.29 is 0 Å². The highest BCUT2D eigenvalue weighted by Crippen LogP contribution is 2.17. The number of hydrogen-bond donors (Lipinski definition) is 0. The molecule has 0 aromatic heterocycles. The molecular weight excluding hydrogens is 206 g/mol. The van der Waals surface area contributed by atoms with Crippen molar-refractivity contribution in [3.8, 4) is 0 Å². The lowest BCUT2D eigenvalue weighted by atomic mass is 9.97. The van der Waals surface area contributed by atoms with Crippen LogP contribution in [0.4, 0.5) is 0 Å². The van der Waals surface area contributed by atoms with Gasteiger partial charge in [-0.2, -0.15) is 0 Å². The molecule has 1 atom stereocenters. The molecule has 0 N–H and O–H groups in total. The van der Waals surface area contributed by atoms with Crippen LogP contribution in [-0.4, -0.2) is 24.5 Å². The predicted octanol–water partition coefficient (Wildman–Crippen LogP) is 4.71. The maximum absolute atomic E-state index is 2.70. The van der Waals surface area contributed by atoms with Gasteiger partial charge in [-0.3, -0.25) is 0 Å². The smallest absolute Gasteiger partial charge is 0.00162 e. The molecular formula is C16H33N. The van der Waals surface area contributed by atoms with Crippen molar-refractivity contribution >= 4 is 0 Å². The molecule has 1 unspecified atom stereocenters. The molecule has 0 bridgehead atoms. The second kappa shape index (κ2) is 8.97. The normalized spacial score (nSPS) is 20.5. The van der Waals surface area contributed by atoms with Crippen molar-refractivity contribution in [2.24, 2.45) is 11.8 Å². The first-order chi connectivity index (χ1) is 8.18. The molecule has 1 heteroatoms. The lowest BCUT2D eigenvalue weighted by Crippen LogP contribution is -2.26. The molecule has 1 fully saturated rings. The maximum Gasteiger partial charge on any atom is -0.00162 e. The summed E-state index contributed by atoms with van der Waals surface area (Å²) in [5.74, 6) is 1.81. The first kappa shape index (κ1) is 15.0. The summed E-state index contributed by atoms with van der Waals surface area (Å²) in [5.41, 5.74) is 0. The quantitative estimate of drug-likeness (QED) is 0.621. The van der Waals surface area contributed by atoms with E-state index in [9.17, 15) is 0 Å². The second-order valence-corrected chi connectivity index (χ2v) is 6.47. The highest BCUT2D eigenvalue weighted by atomic mass is 15.1. The lowest BCUT2D eigenvalue weighted by molar-refractivity contribution is 0.259. The van der Waals surface area contributed by atoms with Gasteiger partial charge in [0.1, 0.15) is 0 Å². The SMILES string of the molecule is CC(C)CCCC(C)CCN1CCCCCC1. The third-order valence-corrected chi connectivity index (χ3v) is 4.12. The second-order valence-electron chi connectivity index (χ2n) is 6.47. The first-order valence-corrected chi connectivity index (χ1v) is 7.91. The van der Waals surface area contributed by atoms with Crippen LogP contribution in [0, 0.1) is 11.8 Å². The highest BCUT2D eigenvalue weighted by molar-refractivity contribution is 4.65. The molecule has 1 aliphatic heterocycles. The van der Waals surface area contributed by atoms with Crippen molar-refractivity contribution in [1.82, 2.24) is 4.90 Å². The molecule has 102 valence electrons. The topological polar surface area (TPSA) is 3.24 Å². The number of likely N-dealkylation sites (tertiary alicyclic amines) is 1. The Kier molecular flexibility index (Phi) is 7.92. The van der Waals surface area contributed by atoms with E-state index in [0.717, 1.165) is 11.8 Å². The van der Waals surface area contributed by atoms with E-state index in [2.05, 4.69) is 25.7 Å². The van der Waals surface area contributed by atoms with Crippen LogP contribution in [0.5, 0.6) is 0 Å². The van der Waals surface area contributed by atoms with Gasteiger partial charge in [0, 0.05) is 0 Å². The Balaban J connectivity index is 2.03. The zero-order chi connectivity index (χ0) is 12.5. The summed E-state index contributed by atoms with van der Waals surface area (Å²) in [6.45, 7) is 11.2. The van der Waals surface area contributed by atoms with Gasteiger partial charge in [0.15, 0.2) is 0 Å². The van der Waals surface area contributed by atoms with Gasteiger partial charge < -0.3 is 4.90 Å². The monoisotopic (exact) mass is 239 g/mol. The van der Waals surface area contributed by atoms with E-state index in [1.165, 1.54) is 71.0 Å². The highest BCUT2D eigenvalue weighted by Gasteiger charge is 2.10. The van der Waals surface area contributed by atoms with Crippen LogP contribution in [0.2, 0.25) is 0 Å². The molecule has 17 heavy (non-hydrogen) atoms. The van der Waals surface area contributed by atoms with E-state index >= 15 is 0 Å². The summed E-state index contributed by atoms with van der Waals surface area (Å²) in [6.07, 6.45) is 11.5. The Labute approximate surface area is 109 Å². The Bertz CT molecular complexity index is 168. The van der Waals surface area contributed by atoms with Gasteiger partial charge in [0.05, 0.1) is 0 Å². The van der Waals surface area contributed by atoms with E-state index in [4.69, 9.17) is 0 Å². The summed E-state index contributed by atoms with van der Waals surface area (Å²) < 4.78 is 0. The van der Waals surface area contributed by atoms with Crippen LogP contribution < -0.4 is 0 Å². The fourth-order valence-electron chi connectivity index (χ4n) is 2.78. The zero-order valence-corrected chi connectivity index (χ0v) is 12.4. The molecule has 0 aromatic rings. The predicted molar refractivity (Wildman–Crippen MR) is 77.4 cm³/mol. The summed E-state index contributed by atoms with van der Waals surface area (Å²) in [4.78, 5) is 2.70. The minimum absolute atomic E-state index is 0.882. The van der Waals surface area contributed by atoms with Crippen molar-refractivity contribution in [1.29, 1.82) is 0 Å². The van der Waals surface area contributed by atoms with E-state index in [-0.39, 0.29) is 0 Å². The largest absolute Gasteiger partial charge is 0.303 e. The van der Waals surface area contributed by atoms with E-state index in [0.29, 0.717) is 0 Å². The van der Waals surface area contributed by atoms with Gasteiger partial charge in [-0.15, -0.1) is 0 Å². The van der Waals surface area contributed by atoms with Gasteiger partial charge in [-0.25, -0.2) is 0 Å². The zero-order valence-electron chi connectivity index (χ0n) is 12.4. The summed E-state index contributed by atoms with van der Waals surface area (Å²) in [5, 5.41) is 0. The van der Waals surface area contributed by atoms with Crippen LogP contribution in [0.3, 0.4) is 0 Å². The molecule has 0 saturated carbocycles. The fraction of sp³-hybridized carbons (Fsp3) is 1.00. The van der Waals surface area contributed by atoms with Crippen molar-refractivity contribution in [2.45, 2.75) is 72.1 Å². The van der Waals surface area contributed by atoms with Gasteiger partial charge in [-0.1, -0.05) is 52.9 Å². The fourth-order valence-corrected chi connectivity index (χ4v) is 2.78. The average molecular weight is 239 g/mol. The molecule has 0 radical (unpaired) electrons. The minimum Gasteiger partial charge on any atom is -0.303 e. The Morgan fingerprint density at radius 2 is 1.47 bits per heavy atom. The van der Waals surface area contributed by atoms with Gasteiger partial charge >= 0.3 is 0 Å². The van der Waals surface area contributed by atoms with Crippen LogP contribution in [-0.2, 0) is 0 Å². The molecule has 1 aliphatic rings. The Morgan fingerprint density at radius 3 is 2.06 bits per heavy atom. The van der Waals surface area contributed by atoms with Crippen LogP contribution >= 0.6 is 0 Å². The molecule has 0 amide bonds. The van der Waals surface area contributed by atoms with Crippen LogP contribution in [0.15, 0.2) is 0 Å². The van der Waals surface area contributed by atoms with Gasteiger partial charge in [-0.05, 0) is 50.7 Å². The molecule has 0 aliphatic carbocycles. The Hall–Kier alpha value is -0.0400. The summed E-state index contributed by atoms with van der Waals surface area (Å²) >= 11 is 0. The number of rotatable bonds is 7. The molecule has 1 rings (SSSR count). The first-order valence-electron chi connectivity index (χ1n) is 7.91. The molecule has 1 heterocycles. The maximum atomic E-state index is 2.70.